The Morgan fingerprint density at radius 1 is 1.11 bits per heavy atom. The lowest BCUT2D eigenvalue weighted by Crippen LogP contribution is -2.26. The molecule has 1 aromatic rings. The van der Waals surface area contributed by atoms with Crippen molar-refractivity contribution in [1.29, 1.82) is 0 Å². The van der Waals surface area contributed by atoms with Crippen LogP contribution in [0, 0.1) is 0 Å². The number of nitrogens with zero attached hydrogens (tertiary/aromatic N) is 1. The maximum absolute atomic E-state index is 5.67. The molecule has 0 atom stereocenters. The summed E-state index contributed by atoms with van der Waals surface area (Å²) in [5, 5.41) is 0. The van der Waals surface area contributed by atoms with Crippen LogP contribution < -0.4 is 10.5 Å². The zero-order valence-corrected chi connectivity index (χ0v) is 11.4. The van der Waals surface area contributed by atoms with Crippen LogP contribution >= 0.6 is 0 Å². The van der Waals surface area contributed by atoms with E-state index in [2.05, 4.69) is 11.9 Å². The smallest absolute Gasteiger partial charge is 0.119 e. The summed E-state index contributed by atoms with van der Waals surface area (Å²) in [7, 11) is 3.82. The molecule has 102 valence electrons. The molecule has 2 N–H and O–H groups in total. The van der Waals surface area contributed by atoms with E-state index in [0.29, 0.717) is 13.2 Å². The Bertz CT molecular complexity index is 314. The fourth-order valence-electron chi connectivity index (χ4n) is 1.63. The number of methoxy groups -OCH3 is 1. The maximum Gasteiger partial charge on any atom is 0.119 e. The second-order valence-corrected chi connectivity index (χ2v) is 4.35. The van der Waals surface area contributed by atoms with Crippen LogP contribution in [0.1, 0.15) is 12.0 Å². The van der Waals surface area contributed by atoms with Gasteiger partial charge in [-0.25, -0.2) is 0 Å². The van der Waals surface area contributed by atoms with Gasteiger partial charge in [-0.2, -0.15) is 0 Å². The molecule has 0 heterocycles. The maximum atomic E-state index is 5.67. The van der Waals surface area contributed by atoms with E-state index < -0.39 is 0 Å². The zero-order valence-electron chi connectivity index (χ0n) is 11.4. The quantitative estimate of drug-likeness (QED) is 0.677. The largest absolute Gasteiger partial charge is 0.492 e. The topological polar surface area (TPSA) is 47.7 Å². The monoisotopic (exact) mass is 252 g/mol. The lowest BCUT2D eigenvalue weighted by Gasteiger charge is -2.16. The SMILES string of the molecule is COCCCN(C)CCOc1ccc(CN)cc1. The van der Waals surface area contributed by atoms with E-state index in [9.17, 15) is 0 Å². The van der Waals surface area contributed by atoms with Gasteiger partial charge in [-0.3, -0.25) is 0 Å². The van der Waals surface area contributed by atoms with Gasteiger partial charge in [0, 0.05) is 33.4 Å². The molecule has 0 aliphatic heterocycles. The van der Waals surface area contributed by atoms with E-state index >= 15 is 0 Å². The van der Waals surface area contributed by atoms with Gasteiger partial charge in [-0.1, -0.05) is 12.1 Å². The molecule has 0 unspecified atom stereocenters. The number of benzene rings is 1. The van der Waals surface area contributed by atoms with Crippen LogP contribution in [-0.4, -0.2) is 45.4 Å². The molecule has 0 aliphatic rings. The first-order valence-corrected chi connectivity index (χ1v) is 6.35. The predicted molar refractivity (Wildman–Crippen MR) is 73.8 cm³/mol. The van der Waals surface area contributed by atoms with Crippen LogP contribution in [0.25, 0.3) is 0 Å². The predicted octanol–water partition coefficient (Wildman–Crippen LogP) is 1.49. The summed E-state index contributed by atoms with van der Waals surface area (Å²) in [5.41, 5.74) is 6.66. The summed E-state index contributed by atoms with van der Waals surface area (Å²) in [6.45, 7) is 4.03. The van der Waals surface area contributed by atoms with Gasteiger partial charge in [0.15, 0.2) is 0 Å². The molecule has 0 saturated heterocycles. The minimum Gasteiger partial charge on any atom is -0.492 e. The molecule has 0 aromatic heterocycles. The molecule has 0 amide bonds. The molecule has 1 aromatic carbocycles. The van der Waals surface area contributed by atoms with E-state index in [1.807, 2.05) is 24.3 Å². The summed E-state index contributed by atoms with van der Waals surface area (Å²) < 4.78 is 10.7. The lowest BCUT2D eigenvalue weighted by atomic mass is 10.2. The van der Waals surface area contributed by atoms with Gasteiger partial charge in [0.2, 0.25) is 0 Å². The average molecular weight is 252 g/mol. The number of ether oxygens (including phenoxy) is 2. The summed E-state index contributed by atoms with van der Waals surface area (Å²) >= 11 is 0. The first-order valence-electron chi connectivity index (χ1n) is 6.35. The van der Waals surface area contributed by atoms with Gasteiger partial charge < -0.3 is 20.1 Å². The molecule has 4 heteroatoms. The van der Waals surface area contributed by atoms with Crippen molar-refractivity contribution in [3.63, 3.8) is 0 Å². The molecule has 1 rings (SSSR count). The van der Waals surface area contributed by atoms with Crippen molar-refractivity contribution in [2.45, 2.75) is 13.0 Å². The fourth-order valence-corrected chi connectivity index (χ4v) is 1.63. The highest BCUT2D eigenvalue weighted by Gasteiger charge is 1.99. The van der Waals surface area contributed by atoms with Crippen molar-refractivity contribution in [1.82, 2.24) is 4.90 Å². The minimum atomic E-state index is 0.572. The zero-order chi connectivity index (χ0) is 13.2. The molecule has 0 bridgehead atoms. The summed E-state index contributed by atoms with van der Waals surface area (Å²) in [6.07, 6.45) is 1.05. The van der Waals surface area contributed by atoms with E-state index in [-0.39, 0.29) is 0 Å². The minimum absolute atomic E-state index is 0.572. The van der Waals surface area contributed by atoms with Crippen LogP contribution in [0.4, 0.5) is 0 Å². The van der Waals surface area contributed by atoms with Crippen LogP contribution in [0.2, 0.25) is 0 Å². The van der Waals surface area contributed by atoms with Crippen molar-refractivity contribution < 1.29 is 9.47 Å². The standard InChI is InChI=1S/C14H24N2O2/c1-16(8-3-10-17-2)9-11-18-14-6-4-13(12-15)5-7-14/h4-7H,3,8-12,15H2,1-2H3. The highest BCUT2D eigenvalue weighted by atomic mass is 16.5. The van der Waals surface area contributed by atoms with Crippen molar-refractivity contribution in [3.05, 3.63) is 29.8 Å². The third-order valence-corrected chi connectivity index (χ3v) is 2.79. The van der Waals surface area contributed by atoms with Crippen molar-refractivity contribution >= 4 is 0 Å². The first-order chi connectivity index (χ1) is 8.76. The Labute approximate surface area is 110 Å². The highest BCUT2D eigenvalue weighted by Crippen LogP contribution is 2.11. The van der Waals surface area contributed by atoms with Gasteiger partial charge in [-0.05, 0) is 31.2 Å². The number of likely N-dealkylation sites (N-methyl/N-ethyl adjacent to an activating group) is 1. The van der Waals surface area contributed by atoms with Crippen LogP contribution in [0.5, 0.6) is 5.75 Å². The Kier molecular flexibility index (Phi) is 7.41. The van der Waals surface area contributed by atoms with Crippen molar-refractivity contribution in [2.75, 3.05) is 40.5 Å². The normalized spacial score (nSPS) is 10.9. The molecular formula is C14H24N2O2. The van der Waals surface area contributed by atoms with Gasteiger partial charge >= 0.3 is 0 Å². The molecule has 4 nitrogen and oxygen atoms in total. The number of hydrogen-bond donors (Lipinski definition) is 1. The highest BCUT2D eigenvalue weighted by molar-refractivity contribution is 5.27. The van der Waals surface area contributed by atoms with Crippen LogP contribution in [0.15, 0.2) is 24.3 Å². The van der Waals surface area contributed by atoms with Crippen LogP contribution in [0.3, 0.4) is 0 Å². The van der Waals surface area contributed by atoms with Gasteiger partial charge in [0.05, 0.1) is 0 Å². The summed E-state index contributed by atoms with van der Waals surface area (Å²) in [6, 6.07) is 7.93. The second kappa shape index (κ2) is 8.91. The summed E-state index contributed by atoms with van der Waals surface area (Å²) in [4.78, 5) is 2.24. The third kappa shape index (κ3) is 6.00. The lowest BCUT2D eigenvalue weighted by molar-refractivity contribution is 0.172. The molecule has 0 fully saturated rings. The van der Waals surface area contributed by atoms with Crippen molar-refractivity contribution in [3.8, 4) is 5.75 Å². The Morgan fingerprint density at radius 3 is 2.44 bits per heavy atom. The first kappa shape index (κ1) is 15.0. The molecule has 18 heavy (non-hydrogen) atoms. The second-order valence-electron chi connectivity index (χ2n) is 4.35. The van der Waals surface area contributed by atoms with Gasteiger partial charge in [-0.15, -0.1) is 0 Å². The Morgan fingerprint density at radius 2 is 1.83 bits per heavy atom. The third-order valence-electron chi connectivity index (χ3n) is 2.79. The Hall–Kier alpha value is -1.10. The van der Waals surface area contributed by atoms with Crippen molar-refractivity contribution in [2.24, 2.45) is 5.73 Å². The Balaban J connectivity index is 2.16. The average Bonchev–Trinajstić information content (AvgIpc) is 2.40. The molecule has 0 aliphatic carbocycles. The van der Waals surface area contributed by atoms with E-state index in [0.717, 1.165) is 37.4 Å². The molecule has 0 spiro atoms. The van der Waals surface area contributed by atoms with Crippen LogP contribution in [-0.2, 0) is 11.3 Å². The molecule has 0 saturated carbocycles. The summed E-state index contributed by atoms with van der Waals surface area (Å²) in [5.74, 6) is 0.900. The van der Waals surface area contributed by atoms with E-state index in [4.69, 9.17) is 15.2 Å². The van der Waals surface area contributed by atoms with E-state index in [1.165, 1.54) is 0 Å². The number of hydrogen-bond acceptors (Lipinski definition) is 4. The molecule has 0 radical (unpaired) electrons. The fraction of sp³-hybridized carbons (Fsp3) is 0.571. The van der Waals surface area contributed by atoms with Gasteiger partial charge in [0.25, 0.3) is 0 Å². The van der Waals surface area contributed by atoms with Gasteiger partial charge in [0.1, 0.15) is 12.4 Å². The number of nitrogens with two attached hydrogens (primary N) is 1. The van der Waals surface area contributed by atoms with E-state index in [1.54, 1.807) is 7.11 Å². The number of rotatable bonds is 9. The molecular weight excluding hydrogens is 228 g/mol.